The van der Waals surface area contributed by atoms with Gasteiger partial charge in [0.05, 0.1) is 6.20 Å². The lowest BCUT2D eigenvalue weighted by Gasteiger charge is -2.30. The Morgan fingerprint density at radius 3 is 2.03 bits per heavy atom. The van der Waals surface area contributed by atoms with E-state index in [1.807, 2.05) is 6.20 Å². The molecule has 1 unspecified atom stereocenters. The first-order valence-electron chi connectivity index (χ1n) is 12.8. The molecule has 1 aliphatic rings. The fourth-order valence-corrected chi connectivity index (χ4v) is 4.34. The fraction of sp³-hybridized carbons (Fsp3) is 0.769. The lowest BCUT2D eigenvalue weighted by Crippen LogP contribution is -2.52. The molecule has 5 heteroatoms. The second-order valence-corrected chi connectivity index (χ2v) is 8.98. The number of quaternary nitrogens is 1. The van der Waals surface area contributed by atoms with Crippen molar-refractivity contribution in [2.45, 2.75) is 110 Å². The van der Waals surface area contributed by atoms with Gasteiger partial charge in [-0.05, 0) is 32.1 Å². The maximum Gasteiger partial charge on any atom is 0.360 e. The van der Waals surface area contributed by atoms with E-state index < -0.39 is 5.97 Å². The molecule has 5 nitrogen and oxygen atoms in total. The number of nitrogens with two attached hydrogens (primary N) is 1. The molecular formula is C26H48N3O2+. The average Bonchev–Trinajstić information content (AvgIpc) is 3.11. The summed E-state index contributed by atoms with van der Waals surface area (Å²) < 4.78 is 0.292. The van der Waals surface area contributed by atoms with Gasteiger partial charge in [0.25, 0.3) is 0 Å². The van der Waals surface area contributed by atoms with E-state index in [1.165, 1.54) is 77.0 Å². The monoisotopic (exact) mass is 434 g/mol. The van der Waals surface area contributed by atoms with Gasteiger partial charge in [-0.3, -0.25) is 0 Å². The third-order valence-corrected chi connectivity index (χ3v) is 6.20. The van der Waals surface area contributed by atoms with E-state index in [0.717, 1.165) is 31.5 Å². The molecule has 1 atom stereocenters. The Hall–Kier alpha value is -1.46. The average molecular weight is 435 g/mol. The molecule has 0 fully saturated rings. The van der Waals surface area contributed by atoms with Crippen molar-refractivity contribution < 1.29 is 14.4 Å². The molecule has 0 aromatic heterocycles. The molecule has 0 bridgehead atoms. The standard InChI is InChI=1S/C26H47N3O2/c1-2-3-4-5-6-7-8-9-10-11-12-13-14-15-16-17-18-19-25-28-21-23-29(25,22-20-27)24-26(30)31/h14-15,21,23H,2-13,16-20,22,24,27H2,1H3/p+1/b15-14+. The van der Waals surface area contributed by atoms with Gasteiger partial charge >= 0.3 is 5.97 Å². The summed E-state index contributed by atoms with van der Waals surface area (Å²) in [7, 11) is 0. The number of carboxylic acids is 1. The largest absolute Gasteiger partial charge is 0.477 e. The van der Waals surface area contributed by atoms with Crippen molar-refractivity contribution in [2.75, 3.05) is 19.6 Å². The van der Waals surface area contributed by atoms with E-state index in [-0.39, 0.29) is 6.54 Å². The molecule has 1 aliphatic heterocycles. The number of aliphatic carboxylic acids is 1. The number of allylic oxidation sites excluding steroid dienone is 2. The van der Waals surface area contributed by atoms with Gasteiger partial charge in [0.15, 0.2) is 6.54 Å². The Balaban J connectivity index is 1.99. The number of rotatable bonds is 21. The SMILES string of the molecule is CCCCCCCCCCCCC/C=C/CCCCC1=NC=C[N+]1(CCN)CC(=O)O. The highest BCUT2D eigenvalue weighted by atomic mass is 16.4. The van der Waals surface area contributed by atoms with Crippen LogP contribution in [-0.4, -0.2) is 41.0 Å². The van der Waals surface area contributed by atoms with Gasteiger partial charge in [-0.15, -0.1) is 0 Å². The first-order chi connectivity index (χ1) is 15.1. The Morgan fingerprint density at radius 1 is 0.935 bits per heavy atom. The Labute approximate surface area is 191 Å². The van der Waals surface area contributed by atoms with E-state index in [4.69, 9.17) is 5.73 Å². The zero-order chi connectivity index (χ0) is 22.6. The minimum Gasteiger partial charge on any atom is -0.477 e. The van der Waals surface area contributed by atoms with Crippen LogP contribution in [0, 0.1) is 0 Å². The maximum absolute atomic E-state index is 11.3. The van der Waals surface area contributed by atoms with Gasteiger partial charge in [0.1, 0.15) is 12.7 Å². The smallest absolute Gasteiger partial charge is 0.360 e. The topological polar surface area (TPSA) is 75.7 Å². The predicted octanol–water partition coefficient (Wildman–Crippen LogP) is 6.55. The second kappa shape index (κ2) is 18.1. The number of carboxylic acid groups (broad SMARTS) is 1. The van der Waals surface area contributed by atoms with Crippen molar-refractivity contribution in [3.05, 3.63) is 24.6 Å². The minimum atomic E-state index is -0.807. The Morgan fingerprint density at radius 2 is 1.48 bits per heavy atom. The third-order valence-electron chi connectivity index (χ3n) is 6.20. The molecule has 0 aromatic rings. The molecule has 0 amide bonds. The number of amidine groups is 1. The molecule has 0 saturated carbocycles. The Kier molecular flexibility index (Phi) is 16.1. The van der Waals surface area contributed by atoms with Crippen molar-refractivity contribution in [1.82, 2.24) is 0 Å². The van der Waals surface area contributed by atoms with Crippen LogP contribution in [0.15, 0.2) is 29.5 Å². The van der Waals surface area contributed by atoms with Gasteiger partial charge in [0, 0.05) is 13.0 Å². The second-order valence-electron chi connectivity index (χ2n) is 8.98. The number of unbranched alkanes of at least 4 members (excludes halogenated alkanes) is 13. The molecule has 0 aromatic carbocycles. The quantitative estimate of drug-likeness (QED) is 0.122. The van der Waals surface area contributed by atoms with E-state index in [9.17, 15) is 9.90 Å². The lowest BCUT2D eigenvalue weighted by molar-refractivity contribution is -0.778. The van der Waals surface area contributed by atoms with Crippen molar-refractivity contribution in [3.63, 3.8) is 0 Å². The summed E-state index contributed by atoms with van der Waals surface area (Å²) in [4.78, 5) is 15.7. The lowest BCUT2D eigenvalue weighted by atomic mass is 10.1. The summed E-state index contributed by atoms with van der Waals surface area (Å²) in [5.74, 6) is 0.135. The normalized spacial score (nSPS) is 18.2. The molecule has 0 saturated heterocycles. The van der Waals surface area contributed by atoms with Crippen molar-refractivity contribution in [1.29, 1.82) is 0 Å². The van der Waals surface area contributed by atoms with E-state index in [0.29, 0.717) is 17.6 Å². The molecule has 178 valence electrons. The summed E-state index contributed by atoms with van der Waals surface area (Å²) in [6.45, 7) is 3.36. The summed E-state index contributed by atoms with van der Waals surface area (Å²) in [5, 5.41) is 9.25. The Bertz CT molecular complexity index is 557. The third kappa shape index (κ3) is 12.9. The maximum atomic E-state index is 11.3. The van der Waals surface area contributed by atoms with Crippen molar-refractivity contribution in [3.8, 4) is 0 Å². The summed E-state index contributed by atoms with van der Waals surface area (Å²) in [6, 6.07) is 0. The molecule has 1 heterocycles. The first-order valence-corrected chi connectivity index (χ1v) is 12.8. The zero-order valence-electron chi connectivity index (χ0n) is 20.1. The van der Waals surface area contributed by atoms with Gasteiger partial charge in [0.2, 0.25) is 5.84 Å². The molecule has 0 aliphatic carbocycles. The predicted molar refractivity (Wildman–Crippen MR) is 132 cm³/mol. The number of aliphatic imine (C=N–C) groups is 1. The molecule has 0 radical (unpaired) electrons. The van der Waals surface area contributed by atoms with Gasteiger partial charge in [-0.1, -0.05) is 83.3 Å². The van der Waals surface area contributed by atoms with E-state index in [2.05, 4.69) is 24.1 Å². The van der Waals surface area contributed by atoms with Crippen molar-refractivity contribution in [2.24, 2.45) is 10.7 Å². The van der Waals surface area contributed by atoms with Crippen LogP contribution in [0.3, 0.4) is 0 Å². The van der Waals surface area contributed by atoms with Crippen LogP contribution < -0.4 is 5.73 Å². The zero-order valence-corrected chi connectivity index (χ0v) is 20.1. The van der Waals surface area contributed by atoms with Gasteiger partial charge in [-0.25, -0.2) is 14.3 Å². The molecule has 0 spiro atoms. The summed E-state index contributed by atoms with van der Waals surface area (Å²) >= 11 is 0. The van der Waals surface area contributed by atoms with E-state index in [1.54, 1.807) is 6.20 Å². The van der Waals surface area contributed by atoms with E-state index >= 15 is 0 Å². The molecular weight excluding hydrogens is 386 g/mol. The first kappa shape index (κ1) is 27.6. The molecule has 1 rings (SSSR count). The number of carbonyl (C=O) groups is 1. The minimum absolute atomic E-state index is 0.0331. The van der Waals surface area contributed by atoms with Crippen molar-refractivity contribution >= 4 is 11.8 Å². The summed E-state index contributed by atoms with van der Waals surface area (Å²) in [6.07, 6.45) is 28.9. The number of hydrogen-bond acceptors (Lipinski definition) is 3. The number of nitrogens with zero attached hydrogens (tertiary/aromatic N) is 2. The highest BCUT2D eigenvalue weighted by Crippen LogP contribution is 2.21. The van der Waals surface area contributed by atoms with Crippen LogP contribution in [-0.2, 0) is 4.79 Å². The van der Waals surface area contributed by atoms with Crippen LogP contribution >= 0.6 is 0 Å². The molecule has 31 heavy (non-hydrogen) atoms. The van der Waals surface area contributed by atoms with Gasteiger partial charge < -0.3 is 10.8 Å². The summed E-state index contributed by atoms with van der Waals surface area (Å²) in [5.41, 5.74) is 5.72. The highest BCUT2D eigenvalue weighted by Gasteiger charge is 2.36. The highest BCUT2D eigenvalue weighted by molar-refractivity contribution is 5.81. The van der Waals surface area contributed by atoms with Crippen LogP contribution in [0.5, 0.6) is 0 Å². The fourth-order valence-electron chi connectivity index (χ4n) is 4.34. The van der Waals surface area contributed by atoms with Crippen LogP contribution in [0.25, 0.3) is 0 Å². The number of hydrogen-bond donors (Lipinski definition) is 2. The van der Waals surface area contributed by atoms with Crippen LogP contribution in [0.4, 0.5) is 0 Å². The van der Waals surface area contributed by atoms with Crippen LogP contribution in [0.2, 0.25) is 0 Å². The van der Waals surface area contributed by atoms with Gasteiger partial charge in [-0.2, -0.15) is 0 Å². The molecule has 3 N–H and O–H groups in total. The van der Waals surface area contributed by atoms with Crippen LogP contribution in [0.1, 0.15) is 110 Å².